The van der Waals surface area contributed by atoms with Gasteiger partial charge >= 0.3 is 0 Å². The molecular weight excluding hydrogens is 228 g/mol. The molecule has 1 aromatic carbocycles. The predicted octanol–water partition coefficient (Wildman–Crippen LogP) is 3.04. The number of hydrogen-bond donors (Lipinski definition) is 1. The fraction of sp³-hybridized carbons (Fsp3) is 0.100. The lowest BCUT2D eigenvalue weighted by molar-refractivity contribution is 1.37. The van der Waals surface area contributed by atoms with Gasteiger partial charge in [0, 0.05) is 18.6 Å². The number of para-hydroxylation sites is 1. The van der Waals surface area contributed by atoms with Crippen molar-refractivity contribution in [2.45, 2.75) is 0 Å². The summed E-state index contributed by atoms with van der Waals surface area (Å²) in [6.45, 7) is 0. The average molecular weight is 237 g/mol. The fourth-order valence-corrected chi connectivity index (χ4v) is 1.89. The zero-order valence-corrected chi connectivity index (χ0v) is 8.80. The van der Waals surface area contributed by atoms with Crippen LogP contribution in [0.25, 0.3) is 10.9 Å². The third-order valence-corrected chi connectivity index (χ3v) is 2.58. The summed E-state index contributed by atoms with van der Waals surface area (Å²) >= 11 is 3.45. The van der Waals surface area contributed by atoms with Gasteiger partial charge in [0.25, 0.3) is 0 Å². The van der Waals surface area contributed by atoms with E-state index in [1.54, 1.807) is 0 Å². The van der Waals surface area contributed by atoms with Crippen molar-refractivity contribution in [1.29, 1.82) is 0 Å². The summed E-state index contributed by atoms with van der Waals surface area (Å²) in [4.78, 5) is 4.30. The van der Waals surface area contributed by atoms with Crippen LogP contribution >= 0.6 is 15.9 Å². The Hall–Kier alpha value is -1.09. The van der Waals surface area contributed by atoms with Gasteiger partial charge in [-0.1, -0.05) is 18.2 Å². The highest BCUT2D eigenvalue weighted by Gasteiger charge is 2.03. The van der Waals surface area contributed by atoms with Gasteiger partial charge in [-0.15, -0.1) is 0 Å². The number of fused-ring (bicyclic) bond motifs is 1. The molecule has 0 saturated carbocycles. The predicted molar refractivity (Wildman–Crippen MR) is 59.0 cm³/mol. The summed E-state index contributed by atoms with van der Waals surface area (Å²) in [5, 5.41) is 4.29. The molecular formula is C10H9BrN2. The van der Waals surface area contributed by atoms with Crippen molar-refractivity contribution < 1.29 is 0 Å². The summed E-state index contributed by atoms with van der Waals surface area (Å²) in [6, 6.07) is 8.06. The molecule has 0 saturated heterocycles. The maximum atomic E-state index is 4.30. The molecule has 0 radical (unpaired) electrons. The van der Waals surface area contributed by atoms with Gasteiger partial charge in [0.2, 0.25) is 0 Å². The second kappa shape index (κ2) is 3.34. The first-order valence-electron chi connectivity index (χ1n) is 4.04. The monoisotopic (exact) mass is 236 g/mol. The lowest BCUT2D eigenvalue weighted by Gasteiger charge is -2.06. The summed E-state index contributed by atoms with van der Waals surface area (Å²) in [7, 11) is 1.91. The standard InChI is InChI=1S/C10H9BrN2/c1-12-10-7-4-2-3-5-9(7)13-6-8(10)11/h2-6H,1H3,(H,12,13). The van der Waals surface area contributed by atoms with E-state index in [0.717, 1.165) is 21.1 Å². The first-order valence-corrected chi connectivity index (χ1v) is 4.83. The molecule has 0 fully saturated rings. The number of rotatable bonds is 1. The van der Waals surface area contributed by atoms with Gasteiger partial charge in [-0.05, 0) is 22.0 Å². The van der Waals surface area contributed by atoms with E-state index in [9.17, 15) is 0 Å². The first-order chi connectivity index (χ1) is 6.33. The van der Waals surface area contributed by atoms with E-state index in [-0.39, 0.29) is 0 Å². The van der Waals surface area contributed by atoms with E-state index in [2.05, 4.69) is 32.3 Å². The smallest absolute Gasteiger partial charge is 0.0723 e. The van der Waals surface area contributed by atoms with E-state index in [1.807, 2.05) is 31.4 Å². The number of halogens is 1. The summed E-state index contributed by atoms with van der Waals surface area (Å²) in [6.07, 6.45) is 1.81. The molecule has 0 bridgehead atoms. The zero-order valence-electron chi connectivity index (χ0n) is 7.21. The van der Waals surface area contributed by atoms with Crippen molar-refractivity contribution in [3.05, 3.63) is 34.9 Å². The van der Waals surface area contributed by atoms with Crippen LogP contribution in [-0.2, 0) is 0 Å². The van der Waals surface area contributed by atoms with Gasteiger partial charge in [-0.25, -0.2) is 0 Å². The van der Waals surface area contributed by atoms with E-state index in [1.165, 1.54) is 0 Å². The maximum Gasteiger partial charge on any atom is 0.0723 e. The third-order valence-electron chi connectivity index (χ3n) is 1.98. The van der Waals surface area contributed by atoms with Gasteiger partial charge in [-0.2, -0.15) is 0 Å². The van der Waals surface area contributed by atoms with Crippen molar-refractivity contribution in [2.24, 2.45) is 0 Å². The van der Waals surface area contributed by atoms with Crippen LogP contribution in [0.5, 0.6) is 0 Å². The molecule has 2 nitrogen and oxygen atoms in total. The van der Waals surface area contributed by atoms with Crippen molar-refractivity contribution in [2.75, 3.05) is 12.4 Å². The van der Waals surface area contributed by atoms with Gasteiger partial charge in [0.15, 0.2) is 0 Å². The van der Waals surface area contributed by atoms with Crippen molar-refractivity contribution in [3.8, 4) is 0 Å². The zero-order chi connectivity index (χ0) is 9.26. The molecule has 0 aliphatic carbocycles. The number of pyridine rings is 1. The Balaban J connectivity index is 2.84. The molecule has 2 rings (SSSR count). The number of anilines is 1. The number of aromatic nitrogens is 1. The number of nitrogens with zero attached hydrogens (tertiary/aromatic N) is 1. The molecule has 3 heteroatoms. The van der Waals surface area contributed by atoms with Gasteiger partial charge in [-0.3, -0.25) is 4.98 Å². The van der Waals surface area contributed by atoms with Crippen LogP contribution in [0, 0.1) is 0 Å². The van der Waals surface area contributed by atoms with E-state index in [4.69, 9.17) is 0 Å². The summed E-state index contributed by atoms with van der Waals surface area (Å²) in [5.74, 6) is 0. The molecule has 0 amide bonds. The Kier molecular flexibility index (Phi) is 2.19. The molecule has 0 unspecified atom stereocenters. The topological polar surface area (TPSA) is 24.9 Å². The molecule has 13 heavy (non-hydrogen) atoms. The largest absolute Gasteiger partial charge is 0.387 e. The normalized spacial score (nSPS) is 10.3. The highest BCUT2D eigenvalue weighted by Crippen LogP contribution is 2.28. The van der Waals surface area contributed by atoms with Crippen LogP contribution in [0.3, 0.4) is 0 Å². The van der Waals surface area contributed by atoms with E-state index in [0.29, 0.717) is 0 Å². The number of nitrogens with one attached hydrogen (secondary N) is 1. The van der Waals surface area contributed by atoms with Crippen LogP contribution in [0.2, 0.25) is 0 Å². The van der Waals surface area contributed by atoms with Gasteiger partial charge < -0.3 is 5.32 Å². The molecule has 2 aromatic rings. The Labute approximate surface area is 85.1 Å². The average Bonchev–Trinajstić information content (AvgIpc) is 2.18. The minimum Gasteiger partial charge on any atom is -0.387 e. The second-order valence-corrected chi connectivity index (χ2v) is 3.60. The first kappa shape index (κ1) is 8.51. The minimum atomic E-state index is 0.994. The molecule has 1 heterocycles. The lowest BCUT2D eigenvalue weighted by atomic mass is 10.2. The van der Waals surface area contributed by atoms with Gasteiger partial charge in [0.05, 0.1) is 15.7 Å². The molecule has 0 aliphatic rings. The van der Waals surface area contributed by atoms with E-state index < -0.39 is 0 Å². The van der Waals surface area contributed by atoms with Crippen molar-refractivity contribution in [3.63, 3.8) is 0 Å². The van der Waals surface area contributed by atoms with Crippen LogP contribution < -0.4 is 5.32 Å². The lowest BCUT2D eigenvalue weighted by Crippen LogP contribution is -1.92. The second-order valence-electron chi connectivity index (χ2n) is 2.75. The number of hydrogen-bond acceptors (Lipinski definition) is 2. The van der Waals surface area contributed by atoms with Crippen LogP contribution in [0.4, 0.5) is 5.69 Å². The Morgan fingerprint density at radius 2 is 2.08 bits per heavy atom. The maximum absolute atomic E-state index is 4.30. The van der Waals surface area contributed by atoms with Crippen molar-refractivity contribution in [1.82, 2.24) is 4.98 Å². The third kappa shape index (κ3) is 1.40. The Morgan fingerprint density at radius 1 is 1.31 bits per heavy atom. The minimum absolute atomic E-state index is 0.994. The summed E-state index contributed by atoms with van der Waals surface area (Å²) < 4.78 is 0.994. The fourth-order valence-electron chi connectivity index (χ4n) is 1.37. The van der Waals surface area contributed by atoms with Crippen LogP contribution in [-0.4, -0.2) is 12.0 Å². The molecule has 0 aliphatic heterocycles. The molecule has 1 N–H and O–H groups in total. The highest BCUT2D eigenvalue weighted by molar-refractivity contribution is 9.10. The summed E-state index contributed by atoms with van der Waals surface area (Å²) in [5.41, 5.74) is 2.10. The van der Waals surface area contributed by atoms with Crippen LogP contribution in [0.15, 0.2) is 34.9 Å². The Morgan fingerprint density at radius 3 is 2.85 bits per heavy atom. The number of benzene rings is 1. The van der Waals surface area contributed by atoms with Crippen molar-refractivity contribution >= 4 is 32.5 Å². The molecule has 1 aromatic heterocycles. The molecule has 66 valence electrons. The molecule has 0 spiro atoms. The molecule has 0 atom stereocenters. The van der Waals surface area contributed by atoms with Crippen LogP contribution in [0.1, 0.15) is 0 Å². The van der Waals surface area contributed by atoms with E-state index >= 15 is 0 Å². The van der Waals surface area contributed by atoms with Gasteiger partial charge in [0.1, 0.15) is 0 Å². The Bertz CT molecular complexity index is 440. The quantitative estimate of drug-likeness (QED) is 0.824. The SMILES string of the molecule is CNc1c(Br)cnc2ccccc12. The highest BCUT2D eigenvalue weighted by atomic mass is 79.9.